The second kappa shape index (κ2) is 9.26. The van der Waals surface area contributed by atoms with Crippen molar-refractivity contribution in [2.45, 2.75) is 46.5 Å². The standard InChI is InChI=1S/C31H35BN3/c1-22(2)26-17-12-18-27(23(3)4)30(26)32-34(25-15-8-7-9-16-25)29-20-13-21-33(6)31(29)35(32)28-19-11-10-14-24(28)5/h7-23H,1-6H3/q+1. The molecule has 0 fully saturated rings. The minimum atomic E-state index is -0.00176. The first-order valence-corrected chi connectivity index (χ1v) is 12.7. The van der Waals surface area contributed by atoms with E-state index in [1.807, 2.05) is 0 Å². The number of hydrogen-bond donors (Lipinski definition) is 0. The second-order valence-electron chi connectivity index (χ2n) is 10.2. The summed E-state index contributed by atoms with van der Waals surface area (Å²) in [5, 5.41) is 0. The summed E-state index contributed by atoms with van der Waals surface area (Å²) in [4.78, 5) is 5.10. The van der Waals surface area contributed by atoms with E-state index in [2.05, 4.69) is 147 Å². The topological polar surface area (TPSA) is 10.4 Å². The molecule has 0 radical (unpaired) electrons. The zero-order valence-corrected chi connectivity index (χ0v) is 21.7. The number of aromatic nitrogens is 1. The van der Waals surface area contributed by atoms with E-state index < -0.39 is 0 Å². The molecule has 3 aromatic carbocycles. The average molecular weight is 460 g/mol. The Morgan fingerprint density at radius 3 is 1.89 bits per heavy atom. The highest BCUT2D eigenvalue weighted by atomic mass is 15.4. The molecule has 0 saturated carbocycles. The summed E-state index contributed by atoms with van der Waals surface area (Å²) < 4.78 is 2.27. The van der Waals surface area contributed by atoms with E-state index >= 15 is 0 Å². The fourth-order valence-electron chi connectivity index (χ4n) is 5.55. The van der Waals surface area contributed by atoms with E-state index in [9.17, 15) is 0 Å². The zero-order chi connectivity index (χ0) is 24.7. The van der Waals surface area contributed by atoms with E-state index in [-0.39, 0.29) is 6.98 Å². The number of hydrogen-bond acceptors (Lipinski definition) is 2. The van der Waals surface area contributed by atoms with Gasteiger partial charge in [0.15, 0.2) is 0 Å². The molecule has 2 heterocycles. The molecule has 4 aromatic rings. The second-order valence-corrected chi connectivity index (χ2v) is 10.2. The molecule has 5 rings (SSSR count). The first kappa shape index (κ1) is 23.2. The Kier molecular flexibility index (Phi) is 6.14. The van der Waals surface area contributed by atoms with Gasteiger partial charge in [0, 0.05) is 11.2 Å². The number of rotatable bonds is 5. The van der Waals surface area contributed by atoms with E-state index in [0.29, 0.717) is 11.8 Å². The predicted octanol–water partition coefficient (Wildman–Crippen LogP) is 6.75. The fraction of sp³-hybridized carbons (Fsp3) is 0.258. The Hall–Kier alpha value is -3.53. The van der Waals surface area contributed by atoms with Gasteiger partial charge in [-0.25, -0.2) is 4.57 Å². The third-order valence-electron chi connectivity index (χ3n) is 7.19. The van der Waals surface area contributed by atoms with Gasteiger partial charge in [0.05, 0.1) is 13.2 Å². The van der Waals surface area contributed by atoms with E-state index in [4.69, 9.17) is 0 Å². The van der Waals surface area contributed by atoms with E-state index in [0.717, 1.165) is 0 Å². The van der Waals surface area contributed by atoms with E-state index in [1.165, 1.54) is 45.0 Å². The van der Waals surface area contributed by atoms with Crippen LogP contribution in [0.25, 0.3) is 0 Å². The van der Waals surface area contributed by atoms with Crippen LogP contribution in [-0.2, 0) is 7.05 Å². The van der Waals surface area contributed by atoms with Crippen molar-refractivity contribution in [3.05, 3.63) is 108 Å². The van der Waals surface area contributed by atoms with Crippen LogP contribution in [0.1, 0.15) is 56.2 Å². The molecular weight excluding hydrogens is 425 g/mol. The van der Waals surface area contributed by atoms with Gasteiger partial charge in [0.2, 0.25) is 0 Å². The van der Waals surface area contributed by atoms with Crippen LogP contribution in [0.15, 0.2) is 91.1 Å². The maximum Gasteiger partial charge on any atom is 0.543 e. The highest BCUT2D eigenvalue weighted by Gasteiger charge is 2.54. The summed E-state index contributed by atoms with van der Waals surface area (Å²) in [5.41, 5.74) is 9.19. The molecule has 1 aromatic heterocycles. The molecular formula is C31H35BN3+. The lowest BCUT2D eigenvalue weighted by Crippen LogP contribution is -2.57. The third-order valence-corrected chi connectivity index (χ3v) is 7.19. The van der Waals surface area contributed by atoms with Crippen LogP contribution in [0, 0.1) is 6.92 Å². The first-order valence-electron chi connectivity index (χ1n) is 12.7. The number of fused-ring (bicyclic) bond motifs is 1. The summed E-state index contributed by atoms with van der Waals surface area (Å²) in [6.45, 7) is 11.5. The maximum atomic E-state index is 2.56. The SMILES string of the molecule is Cc1ccccc1N1B(c2c(C(C)C)cccc2C(C)C)N(c2ccccc2)c2ccc[n+](C)c21. The minimum absolute atomic E-state index is 0.00176. The van der Waals surface area contributed by atoms with Crippen molar-refractivity contribution in [2.24, 2.45) is 7.05 Å². The van der Waals surface area contributed by atoms with Crippen molar-refractivity contribution in [1.29, 1.82) is 0 Å². The molecule has 0 aliphatic carbocycles. The summed E-state index contributed by atoms with van der Waals surface area (Å²) in [5.74, 6) is 2.04. The molecule has 0 spiro atoms. The van der Waals surface area contributed by atoms with Crippen molar-refractivity contribution in [1.82, 2.24) is 0 Å². The van der Waals surface area contributed by atoms with Crippen LogP contribution < -0.4 is 19.7 Å². The molecule has 0 amide bonds. The molecule has 0 atom stereocenters. The molecule has 0 unspecified atom stereocenters. The van der Waals surface area contributed by atoms with Crippen LogP contribution in [0.5, 0.6) is 0 Å². The summed E-state index contributed by atoms with van der Waals surface area (Å²) in [7, 11) is 2.16. The van der Waals surface area contributed by atoms with Crippen LogP contribution in [-0.4, -0.2) is 6.98 Å². The number of aryl methyl sites for hydroxylation is 2. The monoisotopic (exact) mass is 460 g/mol. The lowest BCUT2D eigenvalue weighted by atomic mass is 9.58. The number of pyridine rings is 1. The van der Waals surface area contributed by atoms with Crippen molar-refractivity contribution in [3.63, 3.8) is 0 Å². The molecule has 0 saturated heterocycles. The minimum Gasteiger partial charge on any atom is -0.333 e. The molecule has 0 N–H and O–H groups in total. The molecule has 176 valence electrons. The maximum absolute atomic E-state index is 2.56. The number of anilines is 4. The van der Waals surface area contributed by atoms with Gasteiger partial charge >= 0.3 is 6.98 Å². The van der Waals surface area contributed by atoms with Crippen LogP contribution in [0.3, 0.4) is 0 Å². The lowest BCUT2D eigenvalue weighted by molar-refractivity contribution is -0.657. The van der Waals surface area contributed by atoms with Gasteiger partial charge in [0.25, 0.3) is 5.82 Å². The highest BCUT2D eigenvalue weighted by Crippen LogP contribution is 2.45. The summed E-state index contributed by atoms with van der Waals surface area (Å²) in [6.07, 6.45) is 2.16. The Labute approximate surface area is 210 Å². The smallest absolute Gasteiger partial charge is 0.333 e. The Morgan fingerprint density at radius 2 is 1.26 bits per heavy atom. The summed E-state index contributed by atoms with van der Waals surface area (Å²) in [6, 6.07) is 30.9. The zero-order valence-electron chi connectivity index (χ0n) is 21.7. The first-order chi connectivity index (χ1) is 16.9. The average Bonchev–Trinajstić information content (AvgIpc) is 3.20. The Bertz CT molecular complexity index is 1320. The van der Waals surface area contributed by atoms with Crippen molar-refractivity contribution in [3.8, 4) is 0 Å². The van der Waals surface area contributed by atoms with Crippen molar-refractivity contribution < 1.29 is 4.57 Å². The molecule has 3 nitrogen and oxygen atoms in total. The molecule has 4 heteroatoms. The quantitative estimate of drug-likeness (QED) is 0.241. The van der Waals surface area contributed by atoms with Gasteiger partial charge in [-0.2, -0.15) is 0 Å². The number of para-hydroxylation sites is 2. The van der Waals surface area contributed by atoms with Gasteiger partial charge in [-0.1, -0.05) is 82.3 Å². The molecule has 1 aliphatic heterocycles. The molecule has 1 aliphatic rings. The predicted molar refractivity (Wildman–Crippen MR) is 150 cm³/mol. The van der Waals surface area contributed by atoms with Crippen LogP contribution in [0.2, 0.25) is 0 Å². The highest BCUT2D eigenvalue weighted by molar-refractivity contribution is 6.85. The fourth-order valence-corrected chi connectivity index (χ4v) is 5.55. The Balaban J connectivity index is 1.90. The molecule has 0 bridgehead atoms. The number of benzene rings is 3. The van der Waals surface area contributed by atoms with Crippen LogP contribution >= 0.6 is 0 Å². The molecule has 35 heavy (non-hydrogen) atoms. The van der Waals surface area contributed by atoms with Gasteiger partial charge in [-0.15, -0.1) is 0 Å². The summed E-state index contributed by atoms with van der Waals surface area (Å²) >= 11 is 0. The normalized spacial score (nSPS) is 13.2. The lowest BCUT2D eigenvalue weighted by Gasteiger charge is -2.30. The largest absolute Gasteiger partial charge is 0.543 e. The Morgan fingerprint density at radius 1 is 0.657 bits per heavy atom. The van der Waals surface area contributed by atoms with Gasteiger partial charge in [-0.3, -0.25) is 4.81 Å². The number of nitrogens with zero attached hydrogens (tertiary/aromatic N) is 3. The van der Waals surface area contributed by atoms with Gasteiger partial charge in [-0.05, 0) is 65.8 Å². The van der Waals surface area contributed by atoms with E-state index in [1.54, 1.807) is 0 Å². The van der Waals surface area contributed by atoms with Gasteiger partial charge in [0.1, 0.15) is 11.4 Å². The van der Waals surface area contributed by atoms with Gasteiger partial charge < -0.3 is 4.81 Å². The third kappa shape index (κ3) is 3.91. The van der Waals surface area contributed by atoms with Crippen molar-refractivity contribution >= 4 is 35.3 Å². The van der Waals surface area contributed by atoms with Crippen LogP contribution in [0.4, 0.5) is 22.9 Å². The van der Waals surface area contributed by atoms with Crippen molar-refractivity contribution in [2.75, 3.05) is 9.62 Å².